The summed E-state index contributed by atoms with van der Waals surface area (Å²) in [5.74, 6) is -1.08. The Hall–Kier alpha value is -1.10. The van der Waals surface area contributed by atoms with Crippen molar-refractivity contribution in [3.05, 3.63) is 11.8 Å². The van der Waals surface area contributed by atoms with Crippen LogP contribution < -0.4 is 0 Å². The van der Waals surface area contributed by atoms with Crippen molar-refractivity contribution in [2.75, 3.05) is 14.2 Å². The van der Waals surface area contributed by atoms with E-state index in [9.17, 15) is 9.59 Å². The van der Waals surface area contributed by atoms with E-state index in [2.05, 4.69) is 45.6 Å². The number of hydrogen-bond acceptors (Lipinski definition) is 4. The van der Waals surface area contributed by atoms with Crippen LogP contribution in [0.25, 0.3) is 0 Å². The Bertz CT molecular complexity index is 458. The molecule has 0 aromatic carbocycles. The van der Waals surface area contributed by atoms with Crippen LogP contribution in [0.4, 0.5) is 0 Å². The molecule has 1 saturated carbocycles. The molecule has 0 saturated heterocycles. The van der Waals surface area contributed by atoms with Crippen LogP contribution in [0.2, 0.25) is 18.1 Å². The first kappa shape index (κ1) is 19.9. The minimum atomic E-state index is -1.63. The van der Waals surface area contributed by atoms with Crippen molar-refractivity contribution in [1.82, 2.24) is 0 Å². The zero-order chi connectivity index (χ0) is 17.9. The highest BCUT2D eigenvalue weighted by atomic mass is 28.3. The van der Waals surface area contributed by atoms with Crippen molar-refractivity contribution in [1.29, 1.82) is 0 Å². The summed E-state index contributed by atoms with van der Waals surface area (Å²) < 4.78 is 9.97. The monoisotopic (exact) mass is 340 g/mol. The average molecular weight is 341 g/mol. The zero-order valence-electron chi connectivity index (χ0n) is 15.7. The van der Waals surface area contributed by atoms with E-state index in [1.54, 1.807) is 0 Å². The molecule has 1 rings (SSSR count). The summed E-state index contributed by atoms with van der Waals surface area (Å²) in [4.78, 5) is 25.0. The van der Waals surface area contributed by atoms with Gasteiger partial charge >= 0.3 is 11.9 Å². The molecular weight excluding hydrogens is 308 g/mol. The second-order valence-corrected chi connectivity index (χ2v) is 13.4. The minimum Gasteiger partial charge on any atom is -0.468 e. The van der Waals surface area contributed by atoms with Crippen LogP contribution in [-0.4, -0.2) is 34.2 Å². The number of esters is 2. The lowest BCUT2D eigenvalue weighted by molar-refractivity contribution is -0.175. The Morgan fingerprint density at radius 1 is 1.09 bits per heavy atom. The van der Waals surface area contributed by atoms with Crippen LogP contribution in [0, 0.1) is 11.3 Å². The summed E-state index contributed by atoms with van der Waals surface area (Å²) in [6, 6.07) is 0. The number of rotatable bonds is 4. The number of methoxy groups -OCH3 is 2. The lowest BCUT2D eigenvalue weighted by atomic mass is 9.66. The topological polar surface area (TPSA) is 52.6 Å². The highest BCUT2D eigenvalue weighted by Gasteiger charge is 2.54. The number of carbonyl (C=O) groups is 2. The highest BCUT2D eigenvalue weighted by Crippen LogP contribution is 2.45. The van der Waals surface area contributed by atoms with Gasteiger partial charge in [0.1, 0.15) is 0 Å². The summed E-state index contributed by atoms with van der Waals surface area (Å²) in [5.41, 5.74) is 1.10. The van der Waals surface area contributed by atoms with Crippen LogP contribution >= 0.6 is 0 Å². The molecule has 23 heavy (non-hydrogen) atoms. The van der Waals surface area contributed by atoms with Gasteiger partial charge in [-0.1, -0.05) is 58.5 Å². The van der Waals surface area contributed by atoms with Crippen molar-refractivity contribution >= 4 is 20.0 Å². The first-order valence-corrected chi connectivity index (χ1v) is 11.5. The number of carbonyl (C=O) groups excluding carboxylic acids is 2. The van der Waals surface area contributed by atoms with Gasteiger partial charge < -0.3 is 9.47 Å². The van der Waals surface area contributed by atoms with Gasteiger partial charge in [0.05, 0.1) is 22.3 Å². The van der Waals surface area contributed by atoms with Crippen molar-refractivity contribution in [2.45, 2.75) is 64.6 Å². The van der Waals surface area contributed by atoms with Crippen LogP contribution in [-0.2, 0) is 19.1 Å². The molecule has 132 valence electrons. The SMILES string of the molecule is COC(=O)C1(C(=O)OC)CCCC[C@H]1/C=C/[Si](C)(C)C(C)(C)C. The van der Waals surface area contributed by atoms with Gasteiger partial charge in [-0.05, 0) is 17.9 Å². The highest BCUT2D eigenvalue weighted by molar-refractivity contribution is 6.84. The van der Waals surface area contributed by atoms with Gasteiger partial charge in [0.2, 0.25) is 0 Å². The van der Waals surface area contributed by atoms with E-state index in [0.717, 1.165) is 19.3 Å². The van der Waals surface area contributed by atoms with Crippen LogP contribution in [0.5, 0.6) is 0 Å². The van der Waals surface area contributed by atoms with Crippen molar-refractivity contribution in [3.63, 3.8) is 0 Å². The average Bonchev–Trinajstić information content (AvgIpc) is 2.50. The molecule has 0 spiro atoms. The second kappa shape index (κ2) is 7.20. The maximum atomic E-state index is 12.5. The van der Waals surface area contributed by atoms with E-state index in [0.29, 0.717) is 6.42 Å². The van der Waals surface area contributed by atoms with E-state index in [-0.39, 0.29) is 11.0 Å². The lowest BCUT2D eigenvalue weighted by Crippen LogP contribution is -2.48. The fourth-order valence-electron chi connectivity index (χ4n) is 3.02. The molecule has 0 N–H and O–H groups in total. The molecule has 0 unspecified atom stereocenters. The summed E-state index contributed by atoms with van der Waals surface area (Å²) in [5, 5.41) is 0.220. The molecule has 0 aromatic rings. The Morgan fingerprint density at radius 3 is 2.04 bits per heavy atom. The maximum Gasteiger partial charge on any atom is 0.323 e. The van der Waals surface area contributed by atoms with Gasteiger partial charge in [-0.25, -0.2) is 0 Å². The van der Waals surface area contributed by atoms with Gasteiger partial charge in [0.25, 0.3) is 0 Å². The number of hydrogen-bond donors (Lipinski definition) is 0. The molecule has 0 heterocycles. The van der Waals surface area contributed by atoms with Crippen molar-refractivity contribution < 1.29 is 19.1 Å². The van der Waals surface area contributed by atoms with Crippen molar-refractivity contribution in [2.24, 2.45) is 11.3 Å². The van der Waals surface area contributed by atoms with Crippen LogP contribution in [0.1, 0.15) is 46.5 Å². The standard InChI is InChI=1S/C18H32O4Si/c1-17(2,3)23(6,7)13-11-14-10-8-9-12-18(14,15(19)21-4)16(20)22-5/h11,13-14H,8-10,12H2,1-7H3/b13-11+/t14-/m0/s1. The van der Waals surface area contributed by atoms with E-state index < -0.39 is 25.4 Å². The molecule has 1 aliphatic carbocycles. The smallest absolute Gasteiger partial charge is 0.323 e. The summed E-state index contributed by atoms with van der Waals surface area (Å²) in [6.07, 6.45) is 5.27. The van der Waals surface area contributed by atoms with E-state index >= 15 is 0 Å². The fraction of sp³-hybridized carbons (Fsp3) is 0.778. The van der Waals surface area contributed by atoms with E-state index in [4.69, 9.17) is 9.47 Å². The van der Waals surface area contributed by atoms with E-state index in [1.807, 2.05) is 0 Å². The molecule has 4 nitrogen and oxygen atoms in total. The fourth-order valence-corrected chi connectivity index (χ4v) is 4.23. The largest absolute Gasteiger partial charge is 0.468 e. The molecule has 5 heteroatoms. The van der Waals surface area contributed by atoms with E-state index in [1.165, 1.54) is 14.2 Å². The first-order chi connectivity index (χ1) is 10.5. The zero-order valence-corrected chi connectivity index (χ0v) is 16.7. The minimum absolute atomic E-state index is 0.148. The molecule has 0 aromatic heterocycles. The molecular formula is C18H32O4Si. The molecule has 1 aliphatic rings. The molecule has 0 radical (unpaired) electrons. The quantitative estimate of drug-likeness (QED) is 0.439. The second-order valence-electron chi connectivity index (χ2n) is 8.14. The van der Waals surface area contributed by atoms with Crippen LogP contribution in [0.3, 0.4) is 0 Å². The Morgan fingerprint density at radius 2 is 1.61 bits per heavy atom. The maximum absolute atomic E-state index is 12.5. The predicted molar refractivity (Wildman–Crippen MR) is 94.8 cm³/mol. The normalized spacial score (nSPS) is 22.0. The van der Waals surface area contributed by atoms with Gasteiger partial charge in [0.15, 0.2) is 5.41 Å². The Balaban J connectivity index is 3.24. The number of allylic oxidation sites excluding steroid dienone is 1. The van der Waals surface area contributed by atoms with Crippen LogP contribution in [0.15, 0.2) is 11.8 Å². The van der Waals surface area contributed by atoms with Gasteiger partial charge in [-0.15, -0.1) is 0 Å². The molecule has 0 bridgehead atoms. The van der Waals surface area contributed by atoms with Gasteiger partial charge in [-0.3, -0.25) is 9.59 Å². The Labute approximate surface area is 141 Å². The third-order valence-electron chi connectivity index (χ3n) is 5.75. The lowest BCUT2D eigenvalue weighted by Gasteiger charge is -2.39. The van der Waals surface area contributed by atoms with Gasteiger partial charge in [-0.2, -0.15) is 0 Å². The third kappa shape index (κ3) is 3.87. The third-order valence-corrected chi connectivity index (χ3v) is 10.6. The molecule has 1 atom stereocenters. The van der Waals surface area contributed by atoms with Gasteiger partial charge in [0, 0.05) is 5.92 Å². The summed E-state index contributed by atoms with van der Waals surface area (Å²) >= 11 is 0. The first-order valence-electron chi connectivity index (χ1n) is 8.39. The molecule has 0 aliphatic heterocycles. The molecule has 1 fully saturated rings. The Kier molecular flexibility index (Phi) is 6.24. The summed E-state index contributed by atoms with van der Waals surface area (Å²) in [6.45, 7) is 11.4. The van der Waals surface area contributed by atoms with Crippen molar-refractivity contribution in [3.8, 4) is 0 Å². The molecule has 0 amide bonds. The predicted octanol–water partition coefficient (Wildman–Crippen LogP) is 4.11. The number of ether oxygens (including phenoxy) is 2. The summed E-state index contributed by atoms with van der Waals surface area (Å²) in [7, 11) is 1.06.